The molecule has 3 aliphatic rings. The summed E-state index contributed by atoms with van der Waals surface area (Å²) in [6.45, 7) is 9.14. The maximum Gasteiger partial charge on any atom is 0.330 e. The molecular weight excluding hydrogens is 665 g/mol. The average molecular weight is 705 g/mol. The second-order valence-corrected chi connectivity index (χ2v) is 19.6. The molecule has 0 spiro atoms. The Hall–Kier alpha value is 1.14. The van der Waals surface area contributed by atoms with Gasteiger partial charge >= 0.3 is 11.9 Å². The summed E-state index contributed by atoms with van der Waals surface area (Å²) in [6, 6.07) is 0. The molecular formula is C26H40O6S8. The SMILES string of the molecule is C=CC(=O)OC(COCC1CSC(COCC(CSCC2SCCS2)OC(=O)C=C)CS1)CSCC1SCCS1. The van der Waals surface area contributed by atoms with Crippen LogP contribution in [0.1, 0.15) is 0 Å². The first kappa shape index (κ1) is 35.6. The average Bonchev–Trinajstić information content (AvgIpc) is 3.68. The number of ether oxygens (including phenoxy) is 4. The third-order valence-electron chi connectivity index (χ3n) is 5.65. The van der Waals surface area contributed by atoms with Crippen molar-refractivity contribution in [2.75, 3.05) is 84.0 Å². The zero-order chi connectivity index (χ0) is 28.4. The van der Waals surface area contributed by atoms with Gasteiger partial charge in [0.15, 0.2) is 0 Å². The second-order valence-electron chi connectivity index (χ2n) is 8.93. The fourth-order valence-electron chi connectivity index (χ4n) is 3.69. The highest BCUT2D eigenvalue weighted by Crippen LogP contribution is 2.35. The van der Waals surface area contributed by atoms with Gasteiger partial charge in [0.05, 0.1) is 35.6 Å². The van der Waals surface area contributed by atoms with Crippen LogP contribution in [0.25, 0.3) is 0 Å². The molecule has 0 aromatic carbocycles. The van der Waals surface area contributed by atoms with Crippen LogP contribution in [0.3, 0.4) is 0 Å². The van der Waals surface area contributed by atoms with Crippen LogP contribution < -0.4 is 0 Å². The summed E-state index contributed by atoms with van der Waals surface area (Å²) in [5, 5.41) is 0.805. The Balaban J connectivity index is 1.27. The maximum absolute atomic E-state index is 11.8. The lowest BCUT2D eigenvalue weighted by atomic mass is 10.4. The standard InChI is InChI=1S/C26H40O6S8/c1-3-23(27)31-19(13-33-17-25-35-5-6-36-25)9-29-11-21-15-40-22(16-39-21)12-30-10-20(32-24(28)4-2)14-34-18-26-37-7-8-38-26/h3-4,19-22,25-26H,1-2,5-18H2. The number of esters is 2. The quantitative estimate of drug-likeness (QED) is 0.118. The van der Waals surface area contributed by atoms with Crippen LogP contribution in [0.4, 0.5) is 0 Å². The van der Waals surface area contributed by atoms with Gasteiger partial charge in [-0.05, 0) is 0 Å². The zero-order valence-electron chi connectivity index (χ0n) is 22.6. The largest absolute Gasteiger partial charge is 0.456 e. The van der Waals surface area contributed by atoms with Gasteiger partial charge in [0.25, 0.3) is 0 Å². The van der Waals surface area contributed by atoms with Gasteiger partial charge in [-0.25, -0.2) is 9.59 Å². The van der Waals surface area contributed by atoms with Crippen LogP contribution >= 0.6 is 94.1 Å². The first-order valence-electron chi connectivity index (χ1n) is 13.2. The summed E-state index contributed by atoms with van der Waals surface area (Å²) in [5.74, 6) is 9.69. The molecule has 0 bridgehead atoms. The van der Waals surface area contributed by atoms with Crippen molar-refractivity contribution in [1.82, 2.24) is 0 Å². The summed E-state index contributed by atoms with van der Waals surface area (Å²) >= 11 is 15.5. The van der Waals surface area contributed by atoms with E-state index in [1.54, 1.807) is 0 Å². The molecule has 0 aromatic rings. The third kappa shape index (κ3) is 15.2. The van der Waals surface area contributed by atoms with Crippen LogP contribution in [0.15, 0.2) is 25.3 Å². The molecule has 3 rings (SSSR count). The lowest BCUT2D eigenvalue weighted by Crippen LogP contribution is -2.32. The van der Waals surface area contributed by atoms with E-state index in [0.29, 0.717) is 46.1 Å². The van der Waals surface area contributed by atoms with E-state index in [9.17, 15) is 9.59 Å². The minimum absolute atomic E-state index is 0.258. The van der Waals surface area contributed by atoms with E-state index in [0.717, 1.165) is 34.5 Å². The van der Waals surface area contributed by atoms with Gasteiger partial charge in [0.1, 0.15) is 12.2 Å². The molecule has 0 saturated carbocycles. The second kappa shape index (κ2) is 21.8. The molecule has 0 amide bonds. The lowest BCUT2D eigenvalue weighted by molar-refractivity contribution is -0.145. The van der Waals surface area contributed by atoms with Crippen LogP contribution in [0, 0.1) is 0 Å². The van der Waals surface area contributed by atoms with Gasteiger partial charge < -0.3 is 18.9 Å². The van der Waals surface area contributed by atoms with E-state index < -0.39 is 11.9 Å². The molecule has 228 valence electrons. The highest BCUT2D eigenvalue weighted by molar-refractivity contribution is 8.21. The number of carbonyl (C=O) groups excluding carboxylic acids is 2. The Morgan fingerprint density at radius 1 is 0.700 bits per heavy atom. The van der Waals surface area contributed by atoms with E-state index in [1.807, 2.05) is 94.1 Å². The van der Waals surface area contributed by atoms with Gasteiger partial charge in [0, 0.05) is 80.2 Å². The van der Waals surface area contributed by atoms with Crippen LogP contribution in [0.2, 0.25) is 0 Å². The molecule has 6 nitrogen and oxygen atoms in total. The van der Waals surface area contributed by atoms with Gasteiger partial charge in [-0.2, -0.15) is 47.0 Å². The van der Waals surface area contributed by atoms with E-state index in [-0.39, 0.29) is 12.2 Å². The summed E-state index contributed by atoms with van der Waals surface area (Å²) < 4.78 is 24.4. The van der Waals surface area contributed by atoms with E-state index in [1.165, 1.54) is 35.2 Å². The Labute approximate surface area is 273 Å². The van der Waals surface area contributed by atoms with Crippen molar-refractivity contribution in [1.29, 1.82) is 0 Å². The van der Waals surface area contributed by atoms with Crippen molar-refractivity contribution in [3.63, 3.8) is 0 Å². The van der Waals surface area contributed by atoms with Crippen molar-refractivity contribution >= 4 is 106 Å². The van der Waals surface area contributed by atoms with Crippen LogP contribution in [0.5, 0.6) is 0 Å². The Bertz CT molecular complexity index is 695. The number of carbonyl (C=O) groups is 2. The number of hydrogen-bond acceptors (Lipinski definition) is 14. The van der Waals surface area contributed by atoms with Gasteiger partial charge in [-0.3, -0.25) is 0 Å². The van der Waals surface area contributed by atoms with Crippen molar-refractivity contribution in [2.24, 2.45) is 0 Å². The number of hydrogen-bond donors (Lipinski definition) is 0. The van der Waals surface area contributed by atoms with Gasteiger partial charge in [-0.1, -0.05) is 13.2 Å². The first-order chi connectivity index (χ1) is 19.6. The zero-order valence-corrected chi connectivity index (χ0v) is 29.2. The van der Waals surface area contributed by atoms with Crippen molar-refractivity contribution in [3.8, 4) is 0 Å². The van der Waals surface area contributed by atoms with Crippen molar-refractivity contribution in [3.05, 3.63) is 25.3 Å². The molecule has 4 atom stereocenters. The normalized spacial score (nSPS) is 23.5. The molecule has 3 fully saturated rings. The smallest absolute Gasteiger partial charge is 0.330 e. The summed E-state index contributed by atoms with van der Waals surface area (Å²) in [6.07, 6.45) is 1.92. The highest BCUT2D eigenvalue weighted by Gasteiger charge is 2.25. The molecule has 3 aliphatic heterocycles. The fraction of sp³-hybridized carbons (Fsp3) is 0.769. The molecule has 14 heteroatoms. The predicted molar refractivity (Wildman–Crippen MR) is 186 cm³/mol. The van der Waals surface area contributed by atoms with Gasteiger partial charge in [-0.15, -0.1) is 47.0 Å². The molecule has 40 heavy (non-hydrogen) atoms. The van der Waals surface area contributed by atoms with Crippen LogP contribution in [-0.2, 0) is 28.5 Å². The van der Waals surface area contributed by atoms with Gasteiger partial charge in [0.2, 0.25) is 0 Å². The summed E-state index contributed by atoms with van der Waals surface area (Å²) in [7, 11) is 0. The third-order valence-corrected chi connectivity index (χ3v) is 18.1. The summed E-state index contributed by atoms with van der Waals surface area (Å²) in [4.78, 5) is 23.6. The first-order valence-corrected chi connectivity index (χ1v) is 21.8. The Morgan fingerprint density at radius 2 is 1.10 bits per heavy atom. The minimum Gasteiger partial charge on any atom is -0.456 e. The van der Waals surface area contributed by atoms with Crippen molar-refractivity contribution < 1.29 is 28.5 Å². The van der Waals surface area contributed by atoms with E-state index in [4.69, 9.17) is 18.9 Å². The Morgan fingerprint density at radius 3 is 1.45 bits per heavy atom. The molecule has 4 unspecified atom stereocenters. The minimum atomic E-state index is -0.392. The molecule has 0 N–H and O–H groups in total. The maximum atomic E-state index is 11.8. The predicted octanol–water partition coefficient (Wildman–Crippen LogP) is 5.51. The number of thioether (sulfide) groups is 8. The van der Waals surface area contributed by atoms with Crippen molar-refractivity contribution in [2.45, 2.75) is 31.9 Å². The van der Waals surface area contributed by atoms with E-state index in [2.05, 4.69) is 13.2 Å². The van der Waals surface area contributed by atoms with E-state index >= 15 is 0 Å². The molecule has 0 aliphatic carbocycles. The number of rotatable bonds is 20. The summed E-state index contributed by atoms with van der Waals surface area (Å²) in [5.41, 5.74) is 0. The Kier molecular flexibility index (Phi) is 19.4. The molecule has 3 heterocycles. The highest BCUT2D eigenvalue weighted by atomic mass is 32.2. The monoisotopic (exact) mass is 704 g/mol. The molecule has 0 aromatic heterocycles. The fourth-order valence-corrected chi connectivity index (χ4v) is 15.2. The molecule has 3 saturated heterocycles. The lowest BCUT2D eigenvalue weighted by Gasteiger charge is -2.28. The topological polar surface area (TPSA) is 71.1 Å². The molecule has 0 radical (unpaired) electrons. The van der Waals surface area contributed by atoms with Crippen LogP contribution in [-0.4, -0.2) is 128 Å².